The van der Waals surface area contributed by atoms with Gasteiger partial charge in [-0.15, -0.1) is 0 Å². The summed E-state index contributed by atoms with van der Waals surface area (Å²) in [4.78, 5) is 13.8. The number of thioether (sulfide) groups is 1. The van der Waals surface area contributed by atoms with E-state index in [1.165, 1.54) is 37.1 Å². The number of benzene rings is 3. The van der Waals surface area contributed by atoms with Crippen molar-refractivity contribution < 1.29 is 41.0 Å². The Hall–Kier alpha value is -3.35. The second-order valence-corrected chi connectivity index (χ2v) is 11.5. The van der Waals surface area contributed by atoms with Gasteiger partial charge in [-0.25, -0.2) is 22.9 Å². The van der Waals surface area contributed by atoms with Gasteiger partial charge in [-0.1, -0.05) is 47.1 Å². The van der Waals surface area contributed by atoms with Crippen LogP contribution < -0.4 is 4.74 Å². The number of methoxy groups -OCH3 is 1. The molecule has 0 radical (unpaired) electrons. The number of ether oxygens (including phenoxy) is 1. The number of rotatable bonds is 7. The van der Waals surface area contributed by atoms with Gasteiger partial charge in [-0.3, -0.25) is 4.57 Å². The van der Waals surface area contributed by atoms with Crippen molar-refractivity contribution in [3.8, 4) is 11.4 Å². The summed E-state index contributed by atoms with van der Waals surface area (Å²) in [6.45, 7) is -0.680. The van der Waals surface area contributed by atoms with Crippen molar-refractivity contribution in [1.82, 2.24) is 9.55 Å². The summed E-state index contributed by atoms with van der Waals surface area (Å²) in [6, 6.07) is 15.8. The maximum absolute atomic E-state index is 15.3. The molecule has 1 atom stereocenters. The van der Waals surface area contributed by atoms with Gasteiger partial charge in [-0.2, -0.15) is 13.2 Å². The van der Waals surface area contributed by atoms with E-state index in [9.17, 15) is 22.0 Å². The zero-order valence-corrected chi connectivity index (χ0v) is 25.2. The van der Waals surface area contributed by atoms with Crippen LogP contribution in [-0.2, 0) is 22.4 Å². The number of hydrogen-bond donors (Lipinski definition) is 1. The van der Waals surface area contributed by atoms with Gasteiger partial charge < -0.3 is 9.84 Å². The molecule has 234 valence electrons. The summed E-state index contributed by atoms with van der Waals surface area (Å²) in [6.07, 6.45) is -3.16. The number of imidazole rings is 1. The molecule has 1 aromatic heterocycles. The number of alkyl halides is 4. The summed E-state index contributed by atoms with van der Waals surface area (Å²) in [5.41, 5.74) is 2.14. The van der Waals surface area contributed by atoms with Gasteiger partial charge in [0.15, 0.2) is 5.16 Å². The number of carboxylic acids is 1. The van der Waals surface area contributed by atoms with E-state index >= 15 is 4.39 Å². The Morgan fingerprint density at radius 2 is 1.77 bits per heavy atom. The highest BCUT2D eigenvalue weighted by Gasteiger charge is 2.44. The summed E-state index contributed by atoms with van der Waals surface area (Å²) in [5, 5.41) is 8.43. The third-order valence-electron chi connectivity index (χ3n) is 7.06. The fourth-order valence-corrected chi connectivity index (χ4v) is 6.53. The monoisotopic (exact) mass is 676 g/mol. The number of aryl methyl sites for hydroxylation is 1. The average Bonchev–Trinajstić information content (AvgIpc) is 3.36. The topological polar surface area (TPSA) is 64.4 Å². The molecule has 0 fully saturated rings. The molecular formula is C30H24Cl2F6N2O3S. The number of carboxylic acid groups (broad SMARTS) is 1. The van der Waals surface area contributed by atoms with Crippen molar-refractivity contribution in [2.24, 2.45) is 0 Å². The molecule has 1 heterocycles. The maximum atomic E-state index is 15.3. The van der Waals surface area contributed by atoms with E-state index in [1.807, 2.05) is 10.6 Å². The zero-order chi connectivity index (χ0) is 32.2. The molecule has 44 heavy (non-hydrogen) atoms. The van der Waals surface area contributed by atoms with Crippen LogP contribution in [0.1, 0.15) is 35.4 Å². The van der Waals surface area contributed by atoms with E-state index in [0.29, 0.717) is 56.3 Å². The molecule has 0 bridgehead atoms. The molecule has 5 nitrogen and oxygen atoms in total. The third-order valence-corrected chi connectivity index (χ3v) is 8.69. The summed E-state index contributed by atoms with van der Waals surface area (Å²) >= 11 is 13.8. The maximum Gasteiger partial charge on any atom is 0.490 e. The highest BCUT2D eigenvalue weighted by Crippen LogP contribution is 2.47. The largest absolute Gasteiger partial charge is 0.495 e. The molecule has 0 saturated carbocycles. The van der Waals surface area contributed by atoms with Crippen molar-refractivity contribution in [3.63, 3.8) is 0 Å². The Bertz CT molecular complexity index is 1630. The third kappa shape index (κ3) is 6.97. The minimum absolute atomic E-state index is 0.222. The van der Waals surface area contributed by atoms with Gasteiger partial charge in [0.1, 0.15) is 24.1 Å². The molecule has 4 aromatic rings. The van der Waals surface area contributed by atoms with Gasteiger partial charge in [-0.05, 0) is 73.4 Å². The lowest BCUT2D eigenvalue weighted by Crippen LogP contribution is -2.36. The van der Waals surface area contributed by atoms with E-state index in [4.69, 9.17) is 42.8 Å². The molecule has 0 aliphatic heterocycles. The Labute approximate surface area is 262 Å². The van der Waals surface area contributed by atoms with E-state index in [1.54, 1.807) is 36.4 Å². The predicted octanol–water partition coefficient (Wildman–Crippen LogP) is 8.98. The van der Waals surface area contributed by atoms with Crippen LogP contribution in [0.4, 0.5) is 26.3 Å². The van der Waals surface area contributed by atoms with Crippen LogP contribution in [0.3, 0.4) is 0 Å². The fourth-order valence-electron chi connectivity index (χ4n) is 4.96. The number of carbonyl (C=O) groups is 1. The lowest BCUT2D eigenvalue weighted by Gasteiger charge is -2.37. The smallest absolute Gasteiger partial charge is 0.490 e. The van der Waals surface area contributed by atoms with Crippen LogP contribution in [0.25, 0.3) is 5.69 Å². The van der Waals surface area contributed by atoms with Crippen LogP contribution in [0.2, 0.25) is 10.0 Å². The first-order chi connectivity index (χ1) is 20.8. The first-order valence-electron chi connectivity index (χ1n) is 13.0. The quantitative estimate of drug-likeness (QED) is 0.156. The van der Waals surface area contributed by atoms with Crippen LogP contribution in [0, 0.1) is 11.6 Å². The molecule has 1 aliphatic rings. The van der Waals surface area contributed by atoms with Crippen molar-refractivity contribution in [2.45, 2.75) is 41.8 Å². The van der Waals surface area contributed by atoms with Crippen molar-refractivity contribution in [1.29, 1.82) is 0 Å². The fraction of sp³-hybridized carbons (Fsp3) is 0.267. The Balaban J connectivity index is 0.000000566. The number of aromatic nitrogens is 2. The number of nitrogens with zero attached hydrogens (tertiary/aromatic N) is 2. The van der Waals surface area contributed by atoms with Crippen LogP contribution in [0.15, 0.2) is 65.8 Å². The van der Waals surface area contributed by atoms with Crippen LogP contribution >= 0.6 is 35.0 Å². The van der Waals surface area contributed by atoms with Gasteiger partial charge in [0.2, 0.25) is 0 Å². The summed E-state index contributed by atoms with van der Waals surface area (Å²) in [5.74, 6) is -2.87. The molecule has 3 aromatic carbocycles. The molecule has 5 rings (SSSR count). The summed E-state index contributed by atoms with van der Waals surface area (Å²) in [7, 11) is 1.52. The molecule has 0 spiro atoms. The Morgan fingerprint density at radius 1 is 1.09 bits per heavy atom. The minimum Gasteiger partial charge on any atom is -0.495 e. The van der Waals surface area contributed by atoms with Gasteiger partial charge in [0.05, 0.1) is 28.9 Å². The molecule has 1 aliphatic carbocycles. The van der Waals surface area contributed by atoms with Crippen molar-refractivity contribution in [2.75, 3.05) is 13.8 Å². The van der Waals surface area contributed by atoms with E-state index in [-0.39, 0.29) is 11.6 Å². The highest BCUT2D eigenvalue weighted by molar-refractivity contribution is 7.98. The average molecular weight is 677 g/mol. The normalized spacial score (nSPS) is 16.1. The van der Waals surface area contributed by atoms with Gasteiger partial charge >= 0.3 is 12.1 Å². The predicted molar refractivity (Wildman–Crippen MR) is 156 cm³/mol. The number of hydrogen-bond acceptors (Lipinski definition) is 4. The second-order valence-electron chi connectivity index (χ2n) is 9.71. The van der Waals surface area contributed by atoms with Crippen LogP contribution in [-0.4, -0.2) is 40.6 Å². The summed E-state index contributed by atoms with van der Waals surface area (Å²) < 4.78 is 82.7. The standard InChI is InChI=1S/C28H23Cl2F3N2OS.C2HF3O2/c1-36-25-14-17(7-12-22(25)30)28(16-31)13-3-6-24-26(28)35(19-10-8-18(32)9-11-19)27(34-24)37-15-20-21(29)4-2-5-23(20)33;3-2(4,5)1(6)7/h2,4-5,7-12,14H,3,6,13,15-16H2,1H3;(H,6,7). The number of aliphatic carboxylic acids is 1. The van der Waals surface area contributed by atoms with Gasteiger partial charge in [0, 0.05) is 22.0 Å². The number of halogens is 8. The Kier molecular flexibility index (Phi) is 10.5. The first kappa shape index (κ1) is 33.5. The van der Waals surface area contributed by atoms with Crippen molar-refractivity contribution >= 4 is 40.9 Å². The van der Waals surface area contributed by atoms with E-state index in [2.05, 4.69) is 0 Å². The molecule has 1 N–H and O–H groups in total. The van der Waals surface area contributed by atoms with Crippen molar-refractivity contribution in [3.05, 3.63) is 105 Å². The molecule has 0 saturated heterocycles. The molecular weight excluding hydrogens is 653 g/mol. The molecule has 14 heteroatoms. The second kappa shape index (κ2) is 13.7. The first-order valence-corrected chi connectivity index (χ1v) is 14.7. The zero-order valence-electron chi connectivity index (χ0n) is 22.9. The van der Waals surface area contributed by atoms with E-state index < -0.39 is 30.1 Å². The SMILES string of the molecule is COc1cc(C2(CF)CCCc3nc(SCc4c(F)cccc4Cl)n(-c4ccc(F)cc4)c32)ccc1Cl.O=C(O)C(F)(F)F. The highest BCUT2D eigenvalue weighted by atomic mass is 35.5. The van der Waals surface area contributed by atoms with Gasteiger partial charge in [0.25, 0.3) is 0 Å². The molecule has 1 unspecified atom stereocenters. The Morgan fingerprint density at radius 3 is 2.36 bits per heavy atom. The lowest BCUT2D eigenvalue weighted by atomic mass is 9.70. The minimum atomic E-state index is -5.08. The lowest BCUT2D eigenvalue weighted by molar-refractivity contribution is -0.192. The number of fused-ring (bicyclic) bond motifs is 1. The van der Waals surface area contributed by atoms with E-state index in [0.717, 1.165) is 12.1 Å². The van der Waals surface area contributed by atoms with Crippen LogP contribution in [0.5, 0.6) is 5.75 Å². The molecule has 0 amide bonds.